The lowest BCUT2D eigenvalue weighted by molar-refractivity contribution is 0.0765. The maximum absolute atomic E-state index is 12.9. The van der Waals surface area contributed by atoms with Crippen molar-refractivity contribution in [2.24, 2.45) is 5.92 Å². The van der Waals surface area contributed by atoms with E-state index in [9.17, 15) is 23.4 Å². The molecule has 1 saturated heterocycles. The van der Waals surface area contributed by atoms with Gasteiger partial charge in [0.1, 0.15) is 5.75 Å². The summed E-state index contributed by atoms with van der Waals surface area (Å²) in [5, 5.41) is 19.7. The van der Waals surface area contributed by atoms with E-state index in [0.29, 0.717) is 5.56 Å². The minimum absolute atomic E-state index is 0.107. The van der Waals surface area contributed by atoms with Crippen molar-refractivity contribution in [3.63, 3.8) is 0 Å². The highest BCUT2D eigenvalue weighted by Crippen LogP contribution is 2.25. The van der Waals surface area contributed by atoms with Crippen LogP contribution < -0.4 is 0 Å². The fourth-order valence-corrected chi connectivity index (χ4v) is 4.44. The van der Waals surface area contributed by atoms with E-state index in [1.54, 1.807) is 42.5 Å². The van der Waals surface area contributed by atoms with E-state index < -0.39 is 22.0 Å². The molecule has 2 aromatic rings. The van der Waals surface area contributed by atoms with Gasteiger partial charge in [0.05, 0.1) is 11.9 Å². The summed E-state index contributed by atoms with van der Waals surface area (Å²) in [6, 6.07) is 13.8. The van der Waals surface area contributed by atoms with Crippen LogP contribution in [-0.2, 0) is 10.0 Å². The summed E-state index contributed by atoms with van der Waals surface area (Å²) < 4.78 is 25.3. The number of hydrogen-bond donors (Lipinski definition) is 2. The summed E-state index contributed by atoms with van der Waals surface area (Å²) in [6.07, 6.45) is -0.876. The molecule has 0 aromatic heterocycles. The van der Waals surface area contributed by atoms with Crippen molar-refractivity contribution in [2.45, 2.75) is 6.10 Å². The second-order valence-corrected chi connectivity index (χ2v) is 9.45. The zero-order chi connectivity index (χ0) is 20.5. The molecule has 1 aliphatic rings. The molecular formula is C20H24N2O5S. The molecule has 0 bridgehead atoms. The minimum atomic E-state index is -3.46. The molecule has 0 aliphatic carbocycles. The van der Waals surface area contributed by atoms with Crippen LogP contribution in [0.3, 0.4) is 0 Å². The average molecular weight is 404 g/mol. The first-order valence-electron chi connectivity index (χ1n) is 8.94. The Morgan fingerprint density at radius 2 is 1.79 bits per heavy atom. The number of aromatic hydroxyl groups is 1. The molecule has 2 aromatic carbocycles. The standard InChI is InChI=1S/C20H24N2O5S/c1-21(2)28(26,27)13-17-11-22(12-19(17)24)20(25)16-5-3-4-15(10-16)14-6-8-18(23)9-7-14/h3-10,17,19,23-24H,11-13H2,1-2H3. The number of hydrogen-bond acceptors (Lipinski definition) is 5. The van der Waals surface area contributed by atoms with Gasteiger partial charge in [0.25, 0.3) is 5.91 Å². The summed E-state index contributed by atoms with van der Waals surface area (Å²) in [5.41, 5.74) is 2.16. The van der Waals surface area contributed by atoms with E-state index in [2.05, 4.69) is 0 Å². The van der Waals surface area contributed by atoms with E-state index in [-0.39, 0.29) is 30.5 Å². The Morgan fingerprint density at radius 1 is 1.11 bits per heavy atom. The maximum Gasteiger partial charge on any atom is 0.253 e. The zero-order valence-corrected chi connectivity index (χ0v) is 16.6. The third-order valence-corrected chi connectivity index (χ3v) is 6.95. The van der Waals surface area contributed by atoms with Gasteiger partial charge in [-0.2, -0.15) is 0 Å². The molecule has 8 heteroatoms. The van der Waals surface area contributed by atoms with Crippen molar-refractivity contribution in [3.8, 4) is 16.9 Å². The molecule has 2 unspecified atom stereocenters. The van der Waals surface area contributed by atoms with E-state index >= 15 is 0 Å². The number of benzene rings is 2. The number of likely N-dealkylation sites (tertiary alicyclic amines) is 1. The summed E-state index contributed by atoms with van der Waals surface area (Å²) in [7, 11) is -0.554. The van der Waals surface area contributed by atoms with E-state index in [0.717, 1.165) is 15.4 Å². The van der Waals surface area contributed by atoms with Gasteiger partial charge in [0, 0.05) is 38.7 Å². The number of amides is 1. The third-order valence-electron chi connectivity index (χ3n) is 4.98. The molecule has 2 atom stereocenters. The second-order valence-electron chi connectivity index (χ2n) is 7.23. The lowest BCUT2D eigenvalue weighted by Crippen LogP contribution is -2.33. The predicted molar refractivity (Wildman–Crippen MR) is 106 cm³/mol. The highest BCUT2D eigenvalue weighted by molar-refractivity contribution is 7.89. The van der Waals surface area contributed by atoms with Crippen molar-refractivity contribution in [2.75, 3.05) is 32.9 Å². The number of aliphatic hydroxyl groups excluding tert-OH is 1. The maximum atomic E-state index is 12.9. The molecule has 0 radical (unpaired) electrons. The molecule has 1 amide bonds. The largest absolute Gasteiger partial charge is 0.508 e. The van der Waals surface area contributed by atoms with Crippen LogP contribution in [0.1, 0.15) is 10.4 Å². The van der Waals surface area contributed by atoms with Gasteiger partial charge in [-0.1, -0.05) is 24.3 Å². The molecule has 0 saturated carbocycles. The van der Waals surface area contributed by atoms with E-state index in [4.69, 9.17) is 0 Å². The SMILES string of the molecule is CN(C)S(=O)(=O)CC1CN(C(=O)c2cccc(-c3ccc(O)cc3)c2)CC1O. The first-order valence-corrected chi connectivity index (χ1v) is 10.6. The van der Waals surface area contributed by atoms with E-state index in [1.165, 1.54) is 19.0 Å². The van der Waals surface area contributed by atoms with Crippen LogP contribution in [0.5, 0.6) is 5.75 Å². The zero-order valence-electron chi connectivity index (χ0n) is 15.8. The molecule has 0 spiro atoms. The van der Waals surface area contributed by atoms with Crippen LogP contribution in [0.2, 0.25) is 0 Å². The van der Waals surface area contributed by atoms with Crippen molar-refractivity contribution in [1.82, 2.24) is 9.21 Å². The topological polar surface area (TPSA) is 98.2 Å². The van der Waals surface area contributed by atoms with Gasteiger partial charge in [-0.05, 0) is 35.4 Å². The summed E-state index contributed by atoms with van der Waals surface area (Å²) in [4.78, 5) is 14.4. The molecule has 7 nitrogen and oxygen atoms in total. The Bertz CT molecular complexity index is 957. The molecule has 1 aliphatic heterocycles. The number of carbonyl (C=O) groups excluding carboxylic acids is 1. The normalized spacial score (nSPS) is 19.9. The summed E-state index contributed by atoms with van der Waals surface area (Å²) in [6.45, 7) is 0.298. The number of nitrogens with zero attached hydrogens (tertiary/aromatic N) is 2. The lowest BCUT2D eigenvalue weighted by atomic mass is 10.0. The fourth-order valence-electron chi connectivity index (χ4n) is 3.27. The molecule has 3 rings (SSSR count). The number of rotatable bonds is 5. The number of carbonyl (C=O) groups is 1. The van der Waals surface area contributed by atoms with Crippen molar-refractivity contribution < 1.29 is 23.4 Å². The monoisotopic (exact) mass is 404 g/mol. The number of aliphatic hydroxyl groups is 1. The lowest BCUT2D eigenvalue weighted by Gasteiger charge is -2.18. The van der Waals surface area contributed by atoms with Crippen LogP contribution >= 0.6 is 0 Å². The van der Waals surface area contributed by atoms with Crippen LogP contribution in [0.25, 0.3) is 11.1 Å². The number of sulfonamides is 1. The van der Waals surface area contributed by atoms with Crippen LogP contribution in [0.4, 0.5) is 0 Å². The second kappa shape index (κ2) is 7.90. The minimum Gasteiger partial charge on any atom is -0.508 e. The van der Waals surface area contributed by atoms with Crippen molar-refractivity contribution in [3.05, 3.63) is 54.1 Å². The van der Waals surface area contributed by atoms with Gasteiger partial charge in [-0.3, -0.25) is 4.79 Å². The predicted octanol–water partition coefficient (Wildman–Crippen LogP) is 1.38. The van der Waals surface area contributed by atoms with Crippen LogP contribution in [-0.4, -0.2) is 72.8 Å². The third kappa shape index (κ3) is 4.35. The van der Waals surface area contributed by atoms with Gasteiger partial charge in [0.15, 0.2) is 0 Å². The van der Waals surface area contributed by atoms with Gasteiger partial charge < -0.3 is 15.1 Å². The van der Waals surface area contributed by atoms with Gasteiger partial charge in [0.2, 0.25) is 10.0 Å². The Kier molecular flexibility index (Phi) is 5.74. The van der Waals surface area contributed by atoms with E-state index in [1.807, 2.05) is 6.07 Å². The van der Waals surface area contributed by atoms with Gasteiger partial charge in [-0.15, -0.1) is 0 Å². The van der Waals surface area contributed by atoms with Crippen molar-refractivity contribution >= 4 is 15.9 Å². The Labute approximate surface area is 164 Å². The Morgan fingerprint density at radius 3 is 2.43 bits per heavy atom. The quantitative estimate of drug-likeness (QED) is 0.785. The van der Waals surface area contributed by atoms with Crippen LogP contribution in [0.15, 0.2) is 48.5 Å². The summed E-state index contributed by atoms with van der Waals surface area (Å²) >= 11 is 0. The highest BCUT2D eigenvalue weighted by Gasteiger charge is 2.37. The Hall–Kier alpha value is -2.42. The van der Waals surface area contributed by atoms with Gasteiger partial charge >= 0.3 is 0 Å². The molecule has 2 N–H and O–H groups in total. The molecule has 28 heavy (non-hydrogen) atoms. The van der Waals surface area contributed by atoms with Crippen LogP contribution in [0, 0.1) is 5.92 Å². The number of β-amino-alcohol motifs (C(OH)–C–C–N with tert-alkyl or cyclic N) is 1. The smallest absolute Gasteiger partial charge is 0.253 e. The number of phenols is 1. The first kappa shape index (κ1) is 20.3. The molecule has 1 fully saturated rings. The molecular weight excluding hydrogens is 380 g/mol. The first-order chi connectivity index (χ1) is 13.2. The number of phenolic OH excluding ortho intramolecular Hbond substituents is 1. The average Bonchev–Trinajstić information content (AvgIpc) is 3.01. The highest BCUT2D eigenvalue weighted by atomic mass is 32.2. The Balaban J connectivity index is 1.76. The molecule has 1 heterocycles. The van der Waals surface area contributed by atoms with Crippen molar-refractivity contribution in [1.29, 1.82) is 0 Å². The summed E-state index contributed by atoms with van der Waals surface area (Å²) in [5.74, 6) is -0.791. The molecule has 150 valence electrons. The fraction of sp³-hybridized carbons (Fsp3) is 0.350. The van der Waals surface area contributed by atoms with Gasteiger partial charge in [-0.25, -0.2) is 12.7 Å².